The van der Waals surface area contributed by atoms with E-state index in [1.807, 2.05) is 0 Å². The Labute approximate surface area is 480 Å². The van der Waals surface area contributed by atoms with E-state index < -0.39 is 16.9 Å². The summed E-state index contributed by atoms with van der Waals surface area (Å²) < 4.78 is 0. The molecule has 12 aromatic rings. The number of nitrogens with two attached hydrogens (primary N) is 1. The summed E-state index contributed by atoms with van der Waals surface area (Å²) in [7, 11) is 0. The second-order valence-electron chi connectivity index (χ2n) is 21.7. The van der Waals surface area contributed by atoms with Gasteiger partial charge >= 0.3 is 0 Å². The van der Waals surface area contributed by atoms with Crippen LogP contribution >= 0.6 is 0 Å². The van der Waals surface area contributed by atoms with Crippen molar-refractivity contribution in [2.24, 2.45) is 5.73 Å². The Morgan fingerprint density at radius 1 is 0.366 bits per heavy atom. The van der Waals surface area contributed by atoms with Crippen molar-refractivity contribution in [3.05, 3.63) is 388 Å². The van der Waals surface area contributed by atoms with Crippen molar-refractivity contribution >= 4 is 40.1 Å². The molecule has 0 aromatic heterocycles. The second kappa shape index (κ2) is 20.1. The fourth-order valence-corrected chi connectivity index (χ4v) is 14.1. The highest BCUT2D eigenvalue weighted by Gasteiger charge is 2.50. The third kappa shape index (κ3) is 7.55. The van der Waals surface area contributed by atoms with Crippen LogP contribution in [0.2, 0.25) is 0 Å². The summed E-state index contributed by atoms with van der Waals surface area (Å²) in [5.74, 6) is 0. The standard InChI is InChI=1S/C79H57N3/c80-76(56-32-12-3-13-33-56)73(55-30-10-2-11-31-55)77-65-53-62(51-50-57(65)52-70(81-77)54-28-8-1-9-29-54)82(71-48-26-46-68-74(71)63-42-22-24-44-66(63)78(68,58-34-14-4-15-35-58)59-36-16-5-17-37-59)72-49-27-47-69-75(72)64-43-23-25-45-67(64)79(69,60-38-18-6-19-39-60)61-40-20-7-21-41-61/h1-53,76,81H,80H2/b77-73-. The van der Waals surface area contributed by atoms with Crippen molar-refractivity contribution in [1.82, 2.24) is 5.32 Å². The molecule has 82 heavy (non-hydrogen) atoms. The van der Waals surface area contributed by atoms with E-state index in [0.717, 1.165) is 61.8 Å². The summed E-state index contributed by atoms with van der Waals surface area (Å²) in [4.78, 5) is 2.58. The van der Waals surface area contributed by atoms with Gasteiger partial charge < -0.3 is 16.0 Å². The Morgan fingerprint density at radius 3 is 1.24 bits per heavy atom. The first kappa shape index (κ1) is 48.8. The first-order valence-corrected chi connectivity index (χ1v) is 28.4. The Morgan fingerprint density at radius 2 is 0.768 bits per heavy atom. The van der Waals surface area contributed by atoms with Crippen LogP contribution in [0.25, 0.3) is 45.3 Å². The Balaban J connectivity index is 1.07. The first-order chi connectivity index (χ1) is 40.6. The van der Waals surface area contributed by atoms with Gasteiger partial charge in [0, 0.05) is 33.6 Å². The minimum Gasteiger partial charge on any atom is -0.354 e. The van der Waals surface area contributed by atoms with Crippen LogP contribution in [0.1, 0.15) is 78.4 Å². The maximum atomic E-state index is 7.65. The summed E-state index contributed by atoms with van der Waals surface area (Å²) in [6.45, 7) is 0. The van der Waals surface area contributed by atoms with E-state index in [0.29, 0.717) is 0 Å². The quantitative estimate of drug-likeness (QED) is 0.136. The van der Waals surface area contributed by atoms with E-state index in [2.05, 4.69) is 332 Å². The van der Waals surface area contributed by atoms with Crippen molar-refractivity contribution in [2.75, 3.05) is 4.90 Å². The molecule has 12 aromatic carbocycles. The molecule has 0 fully saturated rings. The largest absolute Gasteiger partial charge is 0.354 e. The molecule has 1 atom stereocenters. The zero-order valence-electron chi connectivity index (χ0n) is 45.2. The van der Waals surface area contributed by atoms with Crippen molar-refractivity contribution in [2.45, 2.75) is 16.9 Å². The minimum absolute atomic E-state index is 0.468. The number of anilines is 3. The van der Waals surface area contributed by atoms with Gasteiger partial charge in [0.15, 0.2) is 0 Å². The van der Waals surface area contributed by atoms with Crippen LogP contribution in [-0.2, 0) is 10.8 Å². The summed E-state index contributed by atoms with van der Waals surface area (Å²) in [5, 5.41) is 4.07. The van der Waals surface area contributed by atoms with Gasteiger partial charge in [0.25, 0.3) is 0 Å². The molecule has 0 bridgehead atoms. The molecule has 2 aliphatic carbocycles. The molecule has 1 unspecified atom stereocenters. The lowest BCUT2D eigenvalue weighted by atomic mass is 9.67. The van der Waals surface area contributed by atoms with Crippen molar-refractivity contribution in [3.8, 4) is 22.3 Å². The van der Waals surface area contributed by atoms with Gasteiger partial charge in [-0.2, -0.15) is 0 Å². The molecule has 0 amide bonds. The summed E-state index contributed by atoms with van der Waals surface area (Å²) in [6.07, 6.45) is 2.30. The molecule has 0 saturated heterocycles. The van der Waals surface area contributed by atoms with Crippen LogP contribution in [-0.4, -0.2) is 0 Å². The second-order valence-corrected chi connectivity index (χ2v) is 21.7. The number of nitrogens with zero attached hydrogens (tertiary/aromatic N) is 1. The maximum absolute atomic E-state index is 7.65. The summed E-state index contributed by atoms with van der Waals surface area (Å²) >= 11 is 0. The topological polar surface area (TPSA) is 41.3 Å². The van der Waals surface area contributed by atoms with Crippen molar-refractivity contribution < 1.29 is 0 Å². The van der Waals surface area contributed by atoms with Gasteiger partial charge in [-0.05, 0) is 108 Å². The lowest BCUT2D eigenvalue weighted by Gasteiger charge is -2.36. The normalized spacial score (nSPS) is 14.9. The molecule has 3 N–H and O–H groups in total. The molecule has 1 heterocycles. The molecule has 0 saturated carbocycles. The van der Waals surface area contributed by atoms with Gasteiger partial charge in [-0.1, -0.05) is 291 Å². The zero-order valence-corrected chi connectivity index (χ0v) is 45.2. The summed E-state index contributed by atoms with van der Waals surface area (Å²) in [6, 6.07) is 115. The predicted molar refractivity (Wildman–Crippen MR) is 340 cm³/mol. The lowest BCUT2D eigenvalue weighted by Crippen LogP contribution is -2.28. The molecule has 0 radical (unpaired) electrons. The Kier molecular flexibility index (Phi) is 12.0. The molecular weight excluding hydrogens is 991 g/mol. The first-order valence-electron chi connectivity index (χ1n) is 28.4. The average molecular weight is 1050 g/mol. The Bertz CT molecular complexity index is 4140. The van der Waals surface area contributed by atoms with Gasteiger partial charge in [-0.3, -0.25) is 0 Å². The van der Waals surface area contributed by atoms with E-state index in [-0.39, 0.29) is 0 Å². The number of fused-ring (bicyclic) bond motifs is 7. The molecule has 3 aliphatic rings. The monoisotopic (exact) mass is 1050 g/mol. The number of rotatable bonds is 11. The van der Waals surface area contributed by atoms with E-state index in [1.54, 1.807) is 0 Å². The molecule has 3 heteroatoms. The number of nitrogens with one attached hydrogen (secondary N) is 1. The van der Waals surface area contributed by atoms with Gasteiger partial charge in [-0.25, -0.2) is 0 Å². The third-order valence-electron chi connectivity index (χ3n) is 17.4. The van der Waals surface area contributed by atoms with E-state index in [4.69, 9.17) is 5.73 Å². The third-order valence-corrected chi connectivity index (χ3v) is 17.4. The smallest absolute Gasteiger partial charge is 0.0714 e. The minimum atomic E-state index is -0.621. The van der Waals surface area contributed by atoms with E-state index >= 15 is 0 Å². The van der Waals surface area contributed by atoms with Crippen molar-refractivity contribution in [3.63, 3.8) is 0 Å². The fourth-order valence-electron chi connectivity index (χ4n) is 14.1. The predicted octanol–water partition coefficient (Wildman–Crippen LogP) is 18.6. The number of benzene rings is 12. The molecule has 1 aliphatic heterocycles. The lowest BCUT2D eigenvalue weighted by molar-refractivity contribution is 0.768. The molecule has 3 nitrogen and oxygen atoms in total. The highest BCUT2D eigenvalue weighted by molar-refractivity contribution is 6.06. The molecular formula is C79H57N3. The average Bonchev–Trinajstić information content (AvgIpc) is 4.22. The molecule has 388 valence electrons. The van der Waals surface area contributed by atoms with Crippen LogP contribution in [0, 0.1) is 0 Å². The number of hydrogen-bond donors (Lipinski definition) is 2. The fraction of sp³-hybridized carbons (Fsp3) is 0.0380. The summed E-state index contributed by atoms with van der Waals surface area (Å²) in [5.41, 5.74) is 32.6. The van der Waals surface area contributed by atoms with Crippen molar-refractivity contribution in [1.29, 1.82) is 0 Å². The van der Waals surface area contributed by atoms with Crippen LogP contribution in [0.15, 0.2) is 315 Å². The van der Waals surface area contributed by atoms with Gasteiger partial charge in [0.05, 0.1) is 33.9 Å². The number of hydrogen-bond acceptors (Lipinski definition) is 3. The van der Waals surface area contributed by atoms with E-state index in [1.165, 1.54) is 66.8 Å². The van der Waals surface area contributed by atoms with Gasteiger partial charge in [0.1, 0.15) is 0 Å². The SMILES string of the molecule is NC(/C(=C1\NC(c2ccccc2)=Cc2ccc(N(c3cccc4c3-c3ccccc3C4(c3ccccc3)c3ccccc3)c3cccc4c3-c3ccccc3C4(c3ccccc3)c3ccccc3)cc21)c1ccccc1)c1ccccc1. The van der Waals surface area contributed by atoms with Gasteiger partial charge in [0.2, 0.25) is 0 Å². The van der Waals surface area contributed by atoms with Gasteiger partial charge in [-0.15, -0.1) is 0 Å². The molecule has 0 spiro atoms. The maximum Gasteiger partial charge on any atom is 0.0714 e. The Hall–Kier alpha value is -10.3. The molecule has 15 rings (SSSR count). The van der Waals surface area contributed by atoms with Crippen LogP contribution in [0.4, 0.5) is 17.1 Å². The van der Waals surface area contributed by atoms with E-state index in [9.17, 15) is 0 Å². The highest BCUT2D eigenvalue weighted by Crippen LogP contribution is 2.63. The van der Waals surface area contributed by atoms with Crippen LogP contribution in [0.3, 0.4) is 0 Å². The van der Waals surface area contributed by atoms with Crippen LogP contribution < -0.4 is 16.0 Å². The highest BCUT2D eigenvalue weighted by atomic mass is 15.2. The van der Waals surface area contributed by atoms with Crippen LogP contribution in [0.5, 0.6) is 0 Å². The zero-order chi connectivity index (χ0) is 54.6.